The van der Waals surface area contributed by atoms with Crippen LogP contribution in [0.5, 0.6) is 11.5 Å². The highest BCUT2D eigenvalue weighted by Crippen LogP contribution is 2.38. The zero-order valence-corrected chi connectivity index (χ0v) is 17.9. The Balaban J connectivity index is 1.67. The molecule has 7 rings (SSSR count). The Morgan fingerprint density at radius 2 is 1.52 bits per heavy atom. The van der Waals surface area contributed by atoms with Crippen molar-refractivity contribution in [3.63, 3.8) is 0 Å². The maximum atomic E-state index is 6.51. The molecule has 1 aromatic heterocycles. The second-order valence-electron chi connectivity index (χ2n) is 9.82. The van der Waals surface area contributed by atoms with Crippen molar-refractivity contribution in [2.24, 2.45) is 0 Å². The quantitative estimate of drug-likeness (QED) is 0.327. The van der Waals surface area contributed by atoms with E-state index < -0.39 is 0 Å². The molecule has 0 atom stereocenters. The van der Waals surface area contributed by atoms with Crippen LogP contribution in [0.1, 0.15) is 26.3 Å². The van der Waals surface area contributed by atoms with Crippen LogP contribution >= 0.6 is 0 Å². The smallest absolute Gasteiger partial charge is 0.256 e. The topological polar surface area (TPSA) is 14.2 Å². The lowest BCUT2D eigenvalue weighted by atomic mass is 9.34. The Bertz CT molecular complexity index is 1550. The highest BCUT2D eigenvalue weighted by atomic mass is 16.5. The predicted molar refractivity (Wildman–Crippen MR) is 131 cm³/mol. The zero-order valence-electron chi connectivity index (χ0n) is 17.9. The summed E-state index contributed by atoms with van der Waals surface area (Å²) in [5, 5.41) is 2.60. The van der Waals surface area contributed by atoms with Gasteiger partial charge in [0.25, 0.3) is 6.71 Å². The highest BCUT2D eigenvalue weighted by molar-refractivity contribution is 6.99. The van der Waals surface area contributed by atoms with E-state index in [2.05, 4.69) is 104 Å². The molecule has 2 aliphatic rings. The highest BCUT2D eigenvalue weighted by Gasteiger charge is 2.40. The Morgan fingerprint density at radius 1 is 0.742 bits per heavy atom. The van der Waals surface area contributed by atoms with E-state index in [0.29, 0.717) is 0 Å². The molecule has 0 bridgehead atoms. The van der Waals surface area contributed by atoms with Gasteiger partial charge in [0.2, 0.25) is 0 Å². The van der Waals surface area contributed by atoms with Gasteiger partial charge in [0.05, 0.1) is 11.0 Å². The first-order valence-electron chi connectivity index (χ1n) is 11.0. The SMILES string of the molecule is CC(C)(C)c1ccc2c(c1)B1c3ccccc3-n3c4ccccc4c4ccc(c1c43)O2. The van der Waals surface area contributed by atoms with Crippen LogP contribution in [-0.4, -0.2) is 11.3 Å². The lowest BCUT2D eigenvalue weighted by molar-refractivity contribution is 0.486. The average Bonchev–Trinajstić information content (AvgIpc) is 3.12. The lowest BCUT2D eigenvalue weighted by Gasteiger charge is -2.33. The fourth-order valence-electron chi connectivity index (χ4n) is 5.55. The number of rotatable bonds is 0. The standard InChI is InChI=1S/C28H22BNO/c1-28(2,3)17-12-14-24-21(16-17)29-20-9-5-7-11-23(20)30-22-10-6-4-8-18(22)19-13-15-25(31-24)26(29)27(19)30/h4-16H,1-3H3. The van der Waals surface area contributed by atoms with Crippen molar-refractivity contribution in [3.8, 4) is 17.2 Å². The lowest BCUT2D eigenvalue weighted by Crippen LogP contribution is -2.58. The van der Waals surface area contributed by atoms with Gasteiger partial charge in [0.15, 0.2) is 0 Å². The molecule has 3 heterocycles. The first kappa shape index (κ1) is 17.2. The second kappa shape index (κ2) is 5.61. The molecular formula is C28H22BNO. The van der Waals surface area contributed by atoms with Crippen LogP contribution in [0.25, 0.3) is 27.5 Å². The maximum Gasteiger partial charge on any atom is 0.256 e. The molecule has 5 aromatic rings. The van der Waals surface area contributed by atoms with Crippen LogP contribution in [0, 0.1) is 0 Å². The van der Waals surface area contributed by atoms with Crippen molar-refractivity contribution in [1.82, 2.24) is 4.57 Å². The van der Waals surface area contributed by atoms with Crippen LogP contribution < -0.4 is 21.1 Å². The third-order valence-corrected chi connectivity index (χ3v) is 7.02. The van der Waals surface area contributed by atoms with Crippen molar-refractivity contribution in [2.45, 2.75) is 26.2 Å². The van der Waals surface area contributed by atoms with E-state index in [4.69, 9.17) is 4.74 Å². The van der Waals surface area contributed by atoms with Gasteiger partial charge in [-0.3, -0.25) is 0 Å². The second-order valence-corrected chi connectivity index (χ2v) is 9.82. The van der Waals surface area contributed by atoms with Crippen LogP contribution in [-0.2, 0) is 5.41 Å². The Kier molecular flexibility index (Phi) is 3.12. The summed E-state index contributed by atoms with van der Waals surface area (Å²) in [6, 6.07) is 28.7. The van der Waals surface area contributed by atoms with Crippen molar-refractivity contribution in [2.75, 3.05) is 0 Å². The van der Waals surface area contributed by atoms with E-state index in [1.807, 2.05) is 0 Å². The van der Waals surface area contributed by atoms with Crippen LogP contribution in [0.4, 0.5) is 0 Å². The summed E-state index contributed by atoms with van der Waals surface area (Å²) < 4.78 is 8.95. The van der Waals surface area contributed by atoms with Crippen molar-refractivity contribution in [1.29, 1.82) is 0 Å². The summed E-state index contributed by atoms with van der Waals surface area (Å²) >= 11 is 0. The fourth-order valence-corrected chi connectivity index (χ4v) is 5.55. The van der Waals surface area contributed by atoms with E-state index >= 15 is 0 Å². The van der Waals surface area contributed by atoms with Gasteiger partial charge in [-0.2, -0.15) is 0 Å². The summed E-state index contributed by atoms with van der Waals surface area (Å²) in [5.41, 5.74) is 9.17. The molecule has 4 aromatic carbocycles. The molecule has 0 saturated heterocycles. The molecule has 0 aliphatic carbocycles. The van der Waals surface area contributed by atoms with Crippen molar-refractivity contribution < 1.29 is 4.74 Å². The van der Waals surface area contributed by atoms with E-state index in [1.54, 1.807) is 0 Å². The number of nitrogens with zero attached hydrogens (tertiary/aromatic N) is 1. The summed E-state index contributed by atoms with van der Waals surface area (Å²) in [4.78, 5) is 0. The van der Waals surface area contributed by atoms with Crippen LogP contribution in [0.3, 0.4) is 0 Å². The van der Waals surface area contributed by atoms with Crippen molar-refractivity contribution >= 4 is 44.9 Å². The molecule has 0 amide bonds. The Hall–Kier alpha value is -3.46. The molecule has 31 heavy (non-hydrogen) atoms. The predicted octanol–water partition coefficient (Wildman–Crippen LogP) is 5.02. The fraction of sp³-hybridized carbons (Fsp3) is 0.143. The number of hydrogen-bond donors (Lipinski definition) is 0. The summed E-state index contributed by atoms with van der Waals surface area (Å²) in [5.74, 6) is 1.95. The Morgan fingerprint density at radius 3 is 2.39 bits per heavy atom. The number of benzene rings is 4. The van der Waals surface area contributed by atoms with Crippen molar-refractivity contribution in [3.05, 3.63) is 84.4 Å². The van der Waals surface area contributed by atoms with Gasteiger partial charge < -0.3 is 9.30 Å². The third kappa shape index (κ3) is 2.14. The van der Waals surface area contributed by atoms with Gasteiger partial charge in [0.1, 0.15) is 11.5 Å². The first-order valence-corrected chi connectivity index (χ1v) is 11.0. The number of fused-ring (bicyclic) bond motifs is 8. The molecule has 0 unspecified atom stereocenters. The third-order valence-electron chi connectivity index (χ3n) is 7.02. The van der Waals surface area contributed by atoms with Gasteiger partial charge in [-0.15, -0.1) is 0 Å². The van der Waals surface area contributed by atoms with Gasteiger partial charge in [-0.1, -0.05) is 69.3 Å². The maximum absolute atomic E-state index is 6.51. The molecule has 0 N–H and O–H groups in total. The number of para-hydroxylation sites is 2. The Labute approximate surface area is 182 Å². The number of ether oxygens (including phenoxy) is 1. The minimum absolute atomic E-state index is 0.0877. The van der Waals surface area contributed by atoms with Gasteiger partial charge in [0, 0.05) is 16.5 Å². The van der Waals surface area contributed by atoms with E-state index in [9.17, 15) is 0 Å². The zero-order chi connectivity index (χ0) is 20.9. The summed E-state index contributed by atoms with van der Waals surface area (Å²) in [6.07, 6.45) is 0. The normalized spacial score (nSPS) is 13.8. The van der Waals surface area contributed by atoms with Crippen LogP contribution in [0.15, 0.2) is 78.9 Å². The molecule has 2 aliphatic heterocycles. The van der Waals surface area contributed by atoms with Gasteiger partial charge in [-0.25, -0.2) is 0 Å². The minimum Gasteiger partial charge on any atom is -0.458 e. The average molecular weight is 399 g/mol. The van der Waals surface area contributed by atoms with E-state index in [1.165, 1.54) is 49.4 Å². The van der Waals surface area contributed by atoms with Crippen LogP contribution in [0.2, 0.25) is 0 Å². The molecule has 2 nitrogen and oxygen atoms in total. The van der Waals surface area contributed by atoms with E-state index in [0.717, 1.165) is 11.5 Å². The van der Waals surface area contributed by atoms with Gasteiger partial charge >= 0.3 is 0 Å². The first-order chi connectivity index (χ1) is 15.0. The largest absolute Gasteiger partial charge is 0.458 e. The molecule has 3 heteroatoms. The molecule has 0 radical (unpaired) electrons. The number of aromatic nitrogens is 1. The molecule has 0 spiro atoms. The number of hydrogen-bond acceptors (Lipinski definition) is 1. The minimum atomic E-state index is 0.0877. The molecule has 148 valence electrons. The summed E-state index contributed by atoms with van der Waals surface area (Å²) in [6.45, 7) is 7.00. The monoisotopic (exact) mass is 399 g/mol. The summed E-state index contributed by atoms with van der Waals surface area (Å²) in [7, 11) is 0. The molecule has 0 saturated carbocycles. The molecule has 0 fully saturated rings. The van der Waals surface area contributed by atoms with E-state index in [-0.39, 0.29) is 12.1 Å². The molecular weight excluding hydrogens is 377 g/mol. The van der Waals surface area contributed by atoms with Gasteiger partial charge in [-0.05, 0) is 57.7 Å².